The van der Waals surface area contributed by atoms with Gasteiger partial charge in [0.2, 0.25) is 10.0 Å². The van der Waals surface area contributed by atoms with Crippen LogP contribution in [0.4, 0.5) is 0 Å². The summed E-state index contributed by atoms with van der Waals surface area (Å²) in [6.45, 7) is 7.44. The average Bonchev–Trinajstić information content (AvgIpc) is 2.63. The fourth-order valence-corrected chi connectivity index (χ4v) is 3.83. The van der Waals surface area contributed by atoms with Gasteiger partial charge in [0.25, 0.3) is 0 Å². The van der Waals surface area contributed by atoms with E-state index in [1.807, 2.05) is 26.0 Å². The van der Waals surface area contributed by atoms with Crippen molar-refractivity contribution in [3.63, 3.8) is 0 Å². The topological polar surface area (TPSA) is 72.5 Å². The monoisotopic (exact) mass is 387 g/mol. The molecule has 2 rings (SSSR count). The van der Waals surface area contributed by atoms with Gasteiger partial charge in [-0.3, -0.25) is 0 Å². The van der Waals surface area contributed by atoms with Crippen LogP contribution in [0.1, 0.15) is 36.6 Å². The summed E-state index contributed by atoms with van der Waals surface area (Å²) < 4.78 is 33.6. The zero-order valence-corrected chi connectivity index (χ0v) is 16.8. The van der Waals surface area contributed by atoms with Crippen LogP contribution < -0.4 is 4.72 Å². The molecule has 0 bridgehead atoms. The van der Waals surface area contributed by atoms with Crippen molar-refractivity contribution in [3.05, 3.63) is 76.9 Å². The molecule has 0 saturated heterocycles. The number of sulfonamides is 1. The summed E-state index contributed by atoms with van der Waals surface area (Å²) in [5, 5.41) is 0. The molecule has 0 spiro atoms. The summed E-state index contributed by atoms with van der Waals surface area (Å²) in [6.07, 6.45) is 1.58. The Morgan fingerprint density at radius 1 is 1.04 bits per heavy atom. The molecule has 144 valence electrons. The predicted octanol–water partition coefficient (Wildman–Crippen LogP) is 3.83. The first kappa shape index (κ1) is 20.9. The highest BCUT2D eigenvalue weighted by atomic mass is 32.2. The van der Waals surface area contributed by atoms with E-state index < -0.39 is 22.0 Å². The molecule has 6 heteroatoms. The van der Waals surface area contributed by atoms with Crippen LogP contribution in [0.5, 0.6) is 0 Å². The van der Waals surface area contributed by atoms with Gasteiger partial charge in [-0.15, -0.1) is 0 Å². The van der Waals surface area contributed by atoms with E-state index in [-0.39, 0.29) is 17.1 Å². The predicted molar refractivity (Wildman–Crippen MR) is 106 cm³/mol. The summed E-state index contributed by atoms with van der Waals surface area (Å²) in [7, 11) is -3.84. The Morgan fingerprint density at radius 3 is 2.04 bits per heavy atom. The fourth-order valence-electron chi connectivity index (χ4n) is 2.63. The zero-order valence-electron chi connectivity index (χ0n) is 16.0. The van der Waals surface area contributed by atoms with Crippen molar-refractivity contribution < 1.29 is 17.9 Å². The maximum Gasteiger partial charge on any atom is 0.335 e. The SMILES string of the molecule is CC=C(C(=O)OCC)C(NS(=O)(=O)c1ccc(C)cc1)c1ccc(C)cc1. The minimum Gasteiger partial charge on any atom is -0.463 e. The van der Waals surface area contributed by atoms with Crippen molar-refractivity contribution in [2.75, 3.05) is 6.61 Å². The molecule has 2 aromatic carbocycles. The highest BCUT2D eigenvalue weighted by Crippen LogP contribution is 2.26. The molecule has 0 aliphatic rings. The molecule has 0 saturated carbocycles. The minimum atomic E-state index is -3.84. The Hall–Kier alpha value is -2.44. The van der Waals surface area contributed by atoms with Gasteiger partial charge in [-0.05, 0) is 45.4 Å². The van der Waals surface area contributed by atoms with E-state index in [4.69, 9.17) is 4.74 Å². The number of carbonyl (C=O) groups is 1. The summed E-state index contributed by atoms with van der Waals surface area (Å²) in [4.78, 5) is 12.5. The Kier molecular flexibility index (Phi) is 6.93. The third-order valence-corrected chi connectivity index (χ3v) is 5.59. The fraction of sp³-hybridized carbons (Fsp3) is 0.286. The van der Waals surface area contributed by atoms with Crippen LogP contribution >= 0.6 is 0 Å². The zero-order chi connectivity index (χ0) is 20.0. The van der Waals surface area contributed by atoms with Gasteiger partial charge in [-0.1, -0.05) is 53.6 Å². The van der Waals surface area contributed by atoms with Crippen molar-refractivity contribution in [1.82, 2.24) is 4.72 Å². The third kappa shape index (κ3) is 5.28. The molecule has 0 aromatic heterocycles. The number of hydrogen-bond donors (Lipinski definition) is 1. The first-order valence-corrected chi connectivity index (χ1v) is 10.3. The lowest BCUT2D eigenvalue weighted by Gasteiger charge is -2.21. The number of hydrogen-bond acceptors (Lipinski definition) is 4. The largest absolute Gasteiger partial charge is 0.463 e. The number of allylic oxidation sites excluding steroid dienone is 1. The number of rotatable bonds is 7. The van der Waals surface area contributed by atoms with Crippen molar-refractivity contribution >= 4 is 16.0 Å². The lowest BCUT2D eigenvalue weighted by molar-refractivity contribution is -0.138. The molecule has 27 heavy (non-hydrogen) atoms. The first-order valence-electron chi connectivity index (χ1n) is 8.77. The third-order valence-electron chi connectivity index (χ3n) is 4.15. The molecule has 1 atom stereocenters. The van der Waals surface area contributed by atoms with Crippen molar-refractivity contribution in [2.45, 2.75) is 38.6 Å². The van der Waals surface area contributed by atoms with Gasteiger partial charge < -0.3 is 4.74 Å². The Labute approximate surface area is 161 Å². The standard InChI is InChI=1S/C21H25NO4S/c1-5-19(21(23)26-6-2)20(17-11-7-15(3)8-12-17)22-27(24,25)18-13-9-16(4)10-14-18/h5,7-14,20,22H,6H2,1-4H3. The summed E-state index contributed by atoms with van der Waals surface area (Å²) in [6, 6.07) is 13.1. The highest BCUT2D eigenvalue weighted by Gasteiger charge is 2.28. The van der Waals surface area contributed by atoms with Gasteiger partial charge in [-0.2, -0.15) is 4.72 Å². The van der Waals surface area contributed by atoms with Gasteiger partial charge >= 0.3 is 5.97 Å². The van der Waals surface area contributed by atoms with Gasteiger partial charge in [0.1, 0.15) is 0 Å². The van der Waals surface area contributed by atoms with E-state index >= 15 is 0 Å². The molecule has 0 amide bonds. The Bertz CT molecular complexity index is 914. The lowest BCUT2D eigenvalue weighted by atomic mass is 9.98. The summed E-state index contributed by atoms with van der Waals surface area (Å²) in [5.41, 5.74) is 2.91. The number of carbonyl (C=O) groups excluding carboxylic acids is 1. The first-order chi connectivity index (χ1) is 12.8. The molecule has 1 N–H and O–H groups in total. The van der Waals surface area contributed by atoms with Crippen LogP contribution in [-0.2, 0) is 19.6 Å². The average molecular weight is 388 g/mol. The molecule has 1 unspecified atom stereocenters. The number of ether oxygens (including phenoxy) is 1. The van der Waals surface area contributed by atoms with Crippen LogP contribution in [-0.4, -0.2) is 21.0 Å². The highest BCUT2D eigenvalue weighted by molar-refractivity contribution is 7.89. The second-order valence-electron chi connectivity index (χ2n) is 6.24. The molecule has 0 radical (unpaired) electrons. The smallest absolute Gasteiger partial charge is 0.335 e. The van der Waals surface area contributed by atoms with Gasteiger partial charge in [0, 0.05) is 0 Å². The van der Waals surface area contributed by atoms with Crippen LogP contribution in [0.2, 0.25) is 0 Å². The number of benzene rings is 2. The van der Waals surface area contributed by atoms with E-state index in [0.29, 0.717) is 5.56 Å². The molecule has 2 aromatic rings. The van der Waals surface area contributed by atoms with Crippen LogP contribution in [0.15, 0.2) is 65.1 Å². The van der Waals surface area contributed by atoms with Crippen molar-refractivity contribution in [1.29, 1.82) is 0 Å². The van der Waals surface area contributed by atoms with E-state index in [0.717, 1.165) is 11.1 Å². The van der Waals surface area contributed by atoms with E-state index in [1.165, 1.54) is 0 Å². The molecule has 0 aliphatic carbocycles. The maximum absolute atomic E-state index is 12.9. The van der Waals surface area contributed by atoms with Crippen molar-refractivity contribution in [2.24, 2.45) is 0 Å². The summed E-state index contributed by atoms with van der Waals surface area (Å²) in [5.74, 6) is -0.544. The van der Waals surface area contributed by atoms with E-state index in [2.05, 4.69) is 4.72 Å². The summed E-state index contributed by atoms with van der Waals surface area (Å²) >= 11 is 0. The second kappa shape index (κ2) is 8.97. The van der Waals surface area contributed by atoms with Gasteiger partial charge in [0.15, 0.2) is 0 Å². The lowest BCUT2D eigenvalue weighted by Crippen LogP contribution is -2.32. The van der Waals surface area contributed by atoms with Crippen LogP contribution in [0.3, 0.4) is 0 Å². The number of nitrogens with one attached hydrogen (secondary N) is 1. The Balaban J connectivity index is 2.47. The van der Waals surface area contributed by atoms with Gasteiger partial charge in [0.05, 0.1) is 23.1 Å². The molecule has 0 heterocycles. The molecule has 0 aliphatic heterocycles. The molecular weight excluding hydrogens is 362 g/mol. The molecular formula is C21H25NO4S. The van der Waals surface area contributed by atoms with Crippen molar-refractivity contribution in [3.8, 4) is 0 Å². The van der Waals surface area contributed by atoms with Crippen LogP contribution in [0, 0.1) is 13.8 Å². The molecule has 0 fully saturated rings. The van der Waals surface area contributed by atoms with E-state index in [9.17, 15) is 13.2 Å². The Morgan fingerprint density at radius 2 is 1.56 bits per heavy atom. The van der Waals surface area contributed by atoms with Gasteiger partial charge in [-0.25, -0.2) is 13.2 Å². The second-order valence-corrected chi connectivity index (χ2v) is 7.96. The number of aryl methyl sites for hydroxylation is 2. The quantitative estimate of drug-likeness (QED) is 0.579. The number of esters is 1. The van der Waals surface area contributed by atoms with Crippen LogP contribution in [0.25, 0.3) is 0 Å². The normalized spacial score (nSPS) is 13.3. The minimum absolute atomic E-state index is 0.143. The maximum atomic E-state index is 12.9. The van der Waals surface area contributed by atoms with E-state index in [1.54, 1.807) is 56.3 Å². The molecule has 5 nitrogen and oxygen atoms in total.